The van der Waals surface area contributed by atoms with E-state index in [0.29, 0.717) is 11.3 Å². The van der Waals surface area contributed by atoms with Crippen LogP contribution >= 0.6 is 11.3 Å². The van der Waals surface area contributed by atoms with Gasteiger partial charge >= 0.3 is 0 Å². The number of hydrogen-bond acceptors (Lipinski definition) is 6. The molecule has 0 bridgehead atoms. The number of rotatable bonds is 2. The quantitative estimate of drug-likeness (QED) is 0.764. The number of anilines is 1. The van der Waals surface area contributed by atoms with Gasteiger partial charge in [0.2, 0.25) is 5.88 Å². The number of aromatic nitrogens is 3. The molecule has 0 aliphatic heterocycles. The number of nitrogen functional groups attached to an aromatic ring is 1. The molecule has 0 aliphatic rings. The summed E-state index contributed by atoms with van der Waals surface area (Å²) in [6.45, 7) is 1.94. The van der Waals surface area contributed by atoms with Crippen molar-refractivity contribution in [1.82, 2.24) is 15.1 Å². The second-order valence-electron chi connectivity index (χ2n) is 3.74. The Morgan fingerprint density at radius 3 is 2.83 bits per heavy atom. The zero-order valence-electron chi connectivity index (χ0n) is 9.62. The van der Waals surface area contributed by atoms with Crippen molar-refractivity contribution < 1.29 is 4.52 Å². The second kappa shape index (κ2) is 4.23. The maximum atomic E-state index is 5.82. The summed E-state index contributed by atoms with van der Waals surface area (Å²) in [6, 6.07) is 5.61. The van der Waals surface area contributed by atoms with Crippen molar-refractivity contribution in [3.05, 3.63) is 34.8 Å². The molecule has 2 N–H and O–H groups in total. The summed E-state index contributed by atoms with van der Waals surface area (Å²) in [4.78, 5) is 8.66. The predicted octanol–water partition coefficient (Wildman–Crippen LogP) is 2.75. The summed E-state index contributed by atoms with van der Waals surface area (Å²) in [6.07, 6.45) is 1.71. The Morgan fingerprint density at radius 1 is 1.28 bits per heavy atom. The fraction of sp³-hybridized carbons (Fsp3) is 0.0833. The molecule has 0 unspecified atom stereocenters. The Bertz CT molecular complexity index is 674. The first-order valence-corrected chi connectivity index (χ1v) is 6.22. The molecule has 0 aromatic carbocycles. The van der Waals surface area contributed by atoms with Gasteiger partial charge in [-0.05, 0) is 19.1 Å². The minimum absolute atomic E-state index is 0.259. The summed E-state index contributed by atoms with van der Waals surface area (Å²) in [7, 11) is 0. The summed E-state index contributed by atoms with van der Waals surface area (Å²) in [5.74, 6) is 0.259. The number of hydrogen-bond donors (Lipinski definition) is 1. The molecule has 18 heavy (non-hydrogen) atoms. The Kier molecular flexibility index (Phi) is 2.56. The van der Waals surface area contributed by atoms with Crippen LogP contribution in [0.5, 0.6) is 0 Å². The highest BCUT2D eigenvalue weighted by molar-refractivity contribution is 7.09. The number of nitrogens with zero attached hydrogens (tertiary/aromatic N) is 3. The van der Waals surface area contributed by atoms with Crippen LogP contribution in [0.15, 0.2) is 34.3 Å². The molecular formula is C12H10N4OS. The van der Waals surface area contributed by atoms with E-state index < -0.39 is 0 Å². The summed E-state index contributed by atoms with van der Waals surface area (Å²) in [5.41, 5.74) is 8.65. The smallest absolute Gasteiger partial charge is 0.232 e. The average molecular weight is 258 g/mol. The van der Waals surface area contributed by atoms with E-state index in [-0.39, 0.29) is 5.88 Å². The fourth-order valence-corrected chi connectivity index (χ4v) is 2.31. The van der Waals surface area contributed by atoms with Gasteiger partial charge in [-0.25, -0.2) is 4.98 Å². The monoisotopic (exact) mass is 258 g/mol. The van der Waals surface area contributed by atoms with E-state index in [2.05, 4.69) is 15.1 Å². The van der Waals surface area contributed by atoms with E-state index in [0.717, 1.165) is 16.4 Å². The van der Waals surface area contributed by atoms with Crippen molar-refractivity contribution in [3.8, 4) is 22.6 Å². The third-order valence-electron chi connectivity index (χ3n) is 2.50. The van der Waals surface area contributed by atoms with Gasteiger partial charge in [-0.2, -0.15) is 0 Å². The van der Waals surface area contributed by atoms with Crippen LogP contribution in [0.1, 0.15) is 5.01 Å². The lowest BCUT2D eigenvalue weighted by Gasteiger charge is -1.98. The molecule has 0 atom stereocenters. The Morgan fingerprint density at radius 2 is 2.17 bits per heavy atom. The van der Waals surface area contributed by atoms with Gasteiger partial charge < -0.3 is 10.3 Å². The minimum Gasteiger partial charge on any atom is -0.367 e. The molecule has 6 heteroatoms. The summed E-state index contributed by atoms with van der Waals surface area (Å²) < 4.78 is 5.07. The Labute approximate surface area is 107 Å². The zero-order chi connectivity index (χ0) is 12.5. The van der Waals surface area contributed by atoms with Gasteiger partial charge in [-0.1, -0.05) is 11.2 Å². The first kappa shape index (κ1) is 10.9. The highest BCUT2D eigenvalue weighted by Crippen LogP contribution is 2.35. The maximum absolute atomic E-state index is 5.82. The first-order chi connectivity index (χ1) is 8.75. The van der Waals surface area contributed by atoms with Gasteiger partial charge in [0.1, 0.15) is 11.4 Å². The molecular weight excluding hydrogens is 248 g/mol. The lowest BCUT2D eigenvalue weighted by atomic mass is 10.1. The SMILES string of the molecule is Cc1nc(-c2noc(N)c2-c2ccccn2)cs1. The largest absolute Gasteiger partial charge is 0.367 e. The molecule has 0 radical (unpaired) electrons. The normalized spacial score (nSPS) is 10.7. The Hall–Kier alpha value is -2.21. The molecule has 0 fully saturated rings. The van der Waals surface area contributed by atoms with E-state index >= 15 is 0 Å². The number of nitrogens with two attached hydrogens (primary N) is 1. The molecule has 0 saturated carbocycles. The van der Waals surface area contributed by atoms with E-state index in [9.17, 15) is 0 Å². The van der Waals surface area contributed by atoms with Crippen LogP contribution < -0.4 is 5.73 Å². The van der Waals surface area contributed by atoms with E-state index in [1.807, 2.05) is 30.5 Å². The molecule has 3 heterocycles. The highest BCUT2D eigenvalue weighted by atomic mass is 32.1. The Balaban J connectivity index is 2.18. The predicted molar refractivity (Wildman–Crippen MR) is 70.0 cm³/mol. The minimum atomic E-state index is 0.259. The molecule has 0 spiro atoms. The third kappa shape index (κ3) is 1.76. The third-order valence-corrected chi connectivity index (χ3v) is 3.27. The van der Waals surface area contributed by atoms with Crippen LogP contribution in [0.25, 0.3) is 22.6 Å². The molecule has 0 amide bonds. The van der Waals surface area contributed by atoms with Gasteiger partial charge in [-0.15, -0.1) is 11.3 Å². The van der Waals surface area contributed by atoms with Crippen molar-refractivity contribution >= 4 is 17.2 Å². The van der Waals surface area contributed by atoms with Gasteiger partial charge in [0.05, 0.1) is 16.3 Å². The van der Waals surface area contributed by atoms with Crippen LogP contribution in [0.4, 0.5) is 5.88 Å². The standard InChI is InChI=1S/C12H10N4OS/c1-7-15-9(6-18-7)11-10(12(13)17-16-11)8-4-2-3-5-14-8/h2-6H,13H2,1H3. The van der Waals surface area contributed by atoms with Crippen LogP contribution in [-0.2, 0) is 0 Å². The molecule has 90 valence electrons. The van der Waals surface area contributed by atoms with Gasteiger partial charge in [0, 0.05) is 11.6 Å². The van der Waals surface area contributed by atoms with Gasteiger partial charge in [0.15, 0.2) is 0 Å². The maximum Gasteiger partial charge on any atom is 0.232 e. The first-order valence-electron chi connectivity index (χ1n) is 5.35. The van der Waals surface area contributed by atoms with Crippen molar-refractivity contribution in [3.63, 3.8) is 0 Å². The van der Waals surface area contributed by atoms with Crippen molar-refractivity contribution in [1.29, 1.82) is 0 Å². The molecule has 3 rings (SSSR count). The zero-order valence-corrected chi connectivity index (χ0v) is 10.4. The lowest BCUT2D eigenvalue weighted by molar-refractivity contribution is 0.439. The van der Waals surface area contributed by atoms with Gasteiger partial charge in [-0.3, -0.25) is 4.98 Å². The fourth-order valence-electron chi connectivity index (χ4n) is 1.71. The summed E-state index contributed by atoms with van der Waals surface area (Å²) >= 11 is 1.56. The van der Waals surface area contributed by atoms with E-state index in [1.165, 1.54) is 0 Å². The summed E-state index contributed by atoms with van der Waals surface area (Å²) in [5, 5.41) is 6.88. The van der Waals surface area contributed by atoms with Crippen molar-refractivity contribution in [2.24, 2.45) is 0 Å². The topological polar surface area (TPSA) is 77.8 Å². The molecule has 5 nitrogen and oxygen atoms in total. The van der Waals surface area contributed by atoms with E-state index in [1.54, 1.807) is 17.5 Å². The van der Waals surface area contributed by atoms with E-state index in [4.69, 9.17) is 10.3 Å². The molecule has 0 saturated heterocycles. The van der Waals surface area contributed by atoms with Crippen LogP contribution in [0.2, 0.25) is 0 Å². The highest BCUT2D eigenvalue weighted by Gasteiger charge is 2.19. The van der Waals surface area contributed by atoms with Crippen LogP contribution in [-0.4, -0.2) is 15.1 Å². The van der Waals surface area contributed by atoms with Crippen LogP contribution in [0.3, 0.4) is 0 Å². The van der Waals surface area contributed by atoms with Crippen LogP contribution in [0, 0.1) is 6.92 Å². The number of pyridine rings is 1. The van der Waals surface area contributed by atoms with Crippen molar-refractivity contribution in [2.75, 3.05) is 5.73 Å². The molecule has 0 aliphatic carbocycles. The molecule has 3 aromatic rings. The number of aryl methyl sites for hydroxylation is 1. The molecule has 3 aromatic heterocycles. The number of thiazole rings is 1. The van der Waals surface area contributed by atoms with Crippen molar-refractivity contribution in [2.45, 2.75) is 6.92 Å². The average Bonchev–Trinajstić information content (AvgIpc) is 2.96. The van der Waals surface area contributed by atoms with Gasteiger partial charge in [0.25, 0.3) is 0 Å². The second-order valence-corrected chi connectivity index (χ2v) is 4.80. The lowest BCUT2D eigenvalue weighted by Crippen LogP contribution is -1.90.